The molecule has 2 heterocycles. The molecule has 0 aliphatic heterocycles. The Morgan fingerprint density at radius 2 is 1.80 bits per heavy atom. The summed E-state index contributed by atoms with van der Waals surface area (Å²) in [4.78, 5) is 9.07. The van der Waals surface area contributed by atoms with E-state index in [2.05, 4.69) is 37.3 Å². The van der Waals surface area contributed by atoms with E-state index in [4.69, 9.17) is 0 Å². The van der Waals surface area contributed by atoms with Crippen molar-refractivity contribution in [1.29, 1.82) is 0 Å². The van der Waals surface area contributed by atoms with Crippen LogP contribution in [0.1, 0.15) is 11.4 Å². The summed E-state index contributed by atoms with van der Waals surface area (Å²) in [5, 5.41) is 4.48. The standard InChI is InChI=1S/C16H14BrN3/c1-10-9-15(12-5-3-4-6-14(12)18-10)20-16-8-7-13(17)11(2)19-16/h3-9H,1-2H3,(H,18,19,20). The Hall–Kier alpha value is -1.94. The highest BCUT2D eigenvalue weighted by Gasteiger charge is 2.05. The van der Waals surface area contributed by atoms with Crippen molar-refractivity contribution in [3.05, 3.63) is 58.3 Å². The number of rotatable bonds is 2. The molecule has 0 aliphatic rings. The zero-order chi connectivity index (χ0) is 14.1. The number of hydrogen-bond acceptors (Lipinski definition) is 3. The Morgan fingerprint density at radius 3 is 2.60 bits per heavy atom. The number of aromatic nitrogens is 2. The van der Waals surface area contributed by atoms with Crippen molar-refractivity contribution in [2.75, 3.05) is 5.32 Å². The summed E-state index contributed by atoms with van der Waals surface area (Å²) < 4.78 is 1.01. The lowest BCUT2D eigenvalue weighted by molar-refractivity contribution is 1.18. The molecule has 0 saturated heterocycles. The second kappa shape index (κ2) is 5.21. The first-order valence-electron chi connectivity index (χ1n) is 6.40. The minimum absolute atomic E-state index is 0.835. The topological polar surface area (TPSA) is 37.8 Å². The molecule has 0 bridgehead atoms. The zero-order valence-electron chi connectivity index (χ0n) is 11.3. The molecule has 0 radical (unpaired) electrons. The first-order valence-corrected chi connectivity index (χ1v) is 7.19. The molecule has 20 heavy (non-hydrogen) atoms. The third-order valence-corrected chi connectivity index (χ3v) is 3.97. The molecule has 0 aliphatic carbocycles. The molecule has 3 rings (SSSR count). The second-order valence-corrected chi connectivity index (χ2v) is 5.57. The molecule has 0 unspecified atom stereocenters. The van der Waals surface area contributed by atoms with Gasteiger partial charge in [0.05, 0.1) is 16.9 Å². The fraction of sp³-hybridized carbons (Fsp3) is 0.125. The van der Waals surface area contributed by atoms with Gasteiger partial charge in [-0.1, -0.05) is 18.2 Å². The van der Waals surface area contributed by atoms with E-state index in [0.717, 1.165) is 38.3 Å². The molecule has 1 aromatic carbocycles. The van der Waals surface area contributed by atoms with Gasteiger partial charge in [0.15, 0.2) is 0 Å². The number of nitrogens with one attached hydrogen (secondary N) is 1. The van der Waals surface area contributed by atoms with Crippen LogP contribution in [0.25, 0.3) is 10.9 Å². The van der Waals surface area contributed by atoms with Gasteiger partial charge in [0, 0.05) is 15.6 Å². The predicted octanol–water partition coefficient (Wildman–Crippen LogP) is 4.75. The SMILES string of the molecule is Cc1cc(Nc2ccc(Br)c(C)n2)c2ccccc2n1. The van der Waals surface area contributed by atoms with Crippen molar-refractivity contribution in [3.63, 3.8) is 0 Å². The number of pyridine rings is 2. The summed E-state index contributed by atoms with van der Waals surface area (Å²) in [6, 6.07) is 14.1. The summed E-state index contributed by atoms with van der Waals surface area (Å²) in [5.41, 5.74) is 3.97. The number of anilines is 2. The van der Waals surface area contributed by atoms with Crippen LogP contribution in [0.5, 0.6) is 0 Å². The highest BCUT2D eigenvalue weighted by Crippen LogP contribution is 2.26. The molecule has 2 aromatic heterocycles. The Morgan fingerprint density at radius 1 is 1.00 bits per heavy atom. The Kier molecular flexibility index (Phi) is 3.40. The van der Waals surface area contributed by atoms with Gasteiger partial charge in [-0.3, -0.25) is 4.98 Å². The van der Waals surface area contributed by atoms with Crippen molar-refractivity contribution in [1.82, 2.24) is 9.97 Å². The summed E-state index contributed by atoms with van der Waals surface area (Å²) in [6.07, 6.45) is 0. The predicted molar refractivity (Wildman–Crippen MR) is 86.4 cm³/mol. The average Bonchev–Trinajstić information content (AvgIpc) is 2.43. The number of hydrogen-bond donors (Lipinski definition) is 1. The number of halogens is 1. The molecule has 3 aromatic rings. The molecule has 0 spiro atoms. The van der Waals surface area contributed by atoms with Crippen molar-refractivity contribution >= 4 is 38.3 Å². The molecular weight excluding hydrogens is 314 g/mol. The Bertz CT molecular complexity index is 784. The first-order chi connectivity index (χ1) is 9.63. The smallest absolute Gasteiger partial charge is 0.130 e. The Labute approximate surface area is 126 Å². The second-order valence-electron chi connectivity index (χ2n) is 4.72. The number of para-hydroxylation sites is 1. The van der Waals surface area contributed by atoms with Gasteiger partial charge in [-0.05, 0) is 54.0 Å². The molecular formula is C16H14BrN3. The van der Waals surface area contributed by atoms with Gasteiger partial charge in [-0.25, -0.2) is 4.98 Å². The molecule has 4 heteroatoms. The Balaban J connectivity index is 2.07. The third kappa shape index (κ3) is 2.51. The number of benzene rings is 1. The maximum Gasteiger partial charge on any atom is 0.130 e. The molecule has 0 fully saturated rings. The largest absolute Gasteiger partial charge is 0.340 e. The number of fused-ring (bicyclic) bond motifs is 1. The van der Waals surface area contributed by atoms with Gasteiger partial charge in [-0.2, -0.15) is 0 Å². The van der Waals surface area contributed by atoms with E-state index < -0.39 is 0 Å². The maximum atomic E-state index is 4.54. The van der Waals surface area contributed by atoms with Crippen molar-refractivity contribution in [3.8, 4) is 0 Å². The summed E-state index contributed by atoms with van der Waals surface area (Å²) in [6.45, 7) is 3.98. The fourth-order valence-electron chi connectivity index (χ4n) is 2.16. The lowest BCUT2D eigenvalue weighted by Gasteiger charge is -2.11. The molecule has 1 N–H and O–H groups in total. The van der Waals surface area contributed by atoms with Gasteiger partial charge in [0.2, 0.25) is 0 Å². The third-order valence-electron chi connectivity index (χ3n) is 3.13. The maximum absolute atomic E-state index is 4.54. The van der Waals surface area contributed by atoms with Crippen molar-refractivity contribution < 1.29 is 0 Å². The van der Waals surface area contributed by atoms with Gasteiger partial charge in [-0.15, -0.1) is 0 Å². The van der Waals surface area contributed by atoms with Crippen molar-refractivity contribution in [2.45, 2.75) is 13.8 Å². The van der Waals surface area contributed by atoms with Crippen molar-refractivity contribution in [2.24, 2.45) is 0 Å². The normalized spacial score (nSPS) is 10.8. The quantitative estimate of drug-likeness (QED) is 0.737. The van der Waals surface area contributed by atoms with Crippen LogP contribution in [-0.4, -0.2) is 9.97 Å². The minimum Gasteiger partial charge on any atom is -0.340 e. The number of nitrogens with zero attached hydrogens (tertiary/aromatic N) is 2. The average molecular weight is 328 g/mol. The van der Waals surface area contributed by atoms with Crippen LogP contribution in [-0.2, 0) is 0 Å². The number of aryl methyl sites for hydroxylation is 2. The van der Waals surface area contributed by atoms with Crippen LogP contribution in [0.15, 0.2) is 46.9 Å². The van der Waals surface area contributed by atoms with Crippen LogP contribution in [0.4, 0.5) is 11.5 Å². The molecule has 0 saturated carbocycles. The van der Waals surface area contributed by atoms with Gasteiger partial charge >= 0.3 is 0 Å². The highest BCUT2D eigenvalue weighted by molar-refractivity contribution is 9.10. The lowest BCUT2D eigenvalue weighted by atomic mass is 10.1. The lowest BCUT2D eigenvalue weighted by Crippen LogP contribution is -1.97. The molecule has 0 amide bonds. The minimum atomic E-state index is 0.835. The van der Waals surface area contributed by atoms with Crippen LogP contribution < -0.4 is 5.32 Å². The van der Waals surface area contributed by atoms with E-state index >= 15 is 0 Å². The van der Waals surface area contributed by atoms with Gasteiger partial charge in [0.25, 0.3) is 0 Å². The monoisotopic (exact) mass is 327 g/mol. The van der Waals surface area contributed by atoms with Gasteiger partial charge < -0.3 is 5.32 Å². The van der Waals surface area contributed by atoms with E-state index in [1.807, 2.05) is 50.2 Å². The summed E-state index contributed by atoms with van der Waals surface area (Å²) in [7, 11) is 0. The first kappa shape index (κ1) is 13.1. The van der Waals surface area contributed by atoms with Crippen LogP contribution in [0, 0.1) is 13.8 Å². The summed E-state index contributed by atoms with van der Waals surface area (Å²) >= 11 is 3.47. The van der Waals surface area contributed by atoms with E-state index in [1.54, 1.807) is 0 Å². The van der Waals surface area contributed by atoms with Gasteiger partial charge in [0.1, 0.15) is 5.82 Å². The van der Waals surface area contributed by atoms with E-state index in [0.29, 0.717) is 0 Å². The summed E-state index contributed by atoms with van der Waals surface area (Å²) in [5.74, 6) is 0.835. The molecule has 0 atom stereocenters. The van der Waals surface area contributed by atoms with E-state index in [-0.39, 0.29) is 0 Å². The molecule has 100 valence electrons. The van der Waals surface area contributed by atoms with Crippen LogP contribution >= 0.6 is 15.9 Å². The van der Waals surface area contributed by atoms with Crippen LogP contribution in [0.3, 0.4) is 0 Å². The fourth-order valence-corrected chi connectivity index (χ4v) is 2.38. The highest BCUT2D eigenvalue weighted by atomic mass is 79.9. The van der Waals surface area contributed by atoms with E-state index in [9.17, 15) is 0 Å². The molecule has 3 nitrogen and oxygen atoms in total. The zero-order valence-corrected chi connectivity index (χ0v) is 12.9. The van der Waals surface area contributed by atoms with Crippen LogP contribution in [0.2, 0.25) is 0 Å². The van der Waals surface area contributed by atoms with E-state index in [1.165, 1.54) is 0 Å².